The molecule has 0 bridgehead atoms. The predicted octanol–water partition coefficient (Wildman–Crippen LogP) is 3.62. The zero-order valence-electron chi connectivity index (χ0n) is 18.2. The lowest BCUT2D eigenvalue weighted by Gasteiger charge is -2.33. The summed E-state index contributed by atoms with van der Waals surface area (Å²) in [5, 5.41) is 21.0. The predicted molar refractivity (Wildman–Crippen MR) is 122 cm³/mol. The molecule has 0 aliphatic heterocycles. The number of rotatable bonds is 5. The number of aliphatic hydroxyl groups excluding tert-OH is 1. The van der Waals surface area contributed by atoms with Gasteiger partial charge < -0.3 is 20.5 Å². The third-order valence-corrected chi connectivity index (χ3v) is 6.03. The van der Waals surface area contributed by atoms with Gasteiger partial charge in [0.2, 0.25) is 5.95 Å². The van der Waals surface area contributed by atoms with Gasteiger partial charge in [-0.05, 0) is 30.9 Å². The van der Waals surface area contributed by atoms with E-state index in [0.29, 0.717) is 41.8 Å². The number of carbonyl (C=O) groups excluding carboxylic acids is 1. The number of halogens is 1. The first-order chi connectivity index (χ1) is 15.4. The second-order valence-corrected chi connectivity index (χ2v) is 8.71. The van der Waals surface area contributed by atoms with Gasteiger partial charge in [-0.25, -0.2) is 19.3 Å². The van der Waals surface area contributed by atoms with E-state index >= 15 is 0 Å². The van der Waals surface area contributed by atoms with E-state index in [4.69, 9.17) is 16.3 Å². The Kier molecular flexibility index (Phi) is 6.48. The minimum atomic E-state index is -0.696. The monoisotopic (exact) mass is 458 g/mol. The maximum Gasteiger partial charge on any atom is 0.407 e. The largest absolute Gasteiger partial charge is 0.446 e. The fourth-order valence-corrected chi connectivity index (χ4v) is 4.19. The molecular formula is C22H27ClN6O3. The topological polar surface area (TPSA) is 114 Å². The van der Waals surface area contributed by atoms with E-state index in [2.05, 4.69) is 39.5 Å². The summed E-state index contributed by atoms with van der Waals surface area (Å²) in [7, 11) is 1.51. The highest BCUT2D eigenvalue weighted by Gasteiger charge is 2.31. The van der Waals surface area contributed by atoms with Crippen LogP contribution in [0.4, 0.5) is 10.7 Å². The lowest BCUT2D eigenvalue weighted by atomic mass is 9.90. The standard InChI is InChI=1S/C22H27ClN6O3/c1-12(2)15-10-26-29-7-6-13(8-18(15)29)20-16(23)11-25-21(28-20)27-17-5-4-14(9-19(17)30)32-22(31)24-3/h6-8,10-12,14,17,19,30H,4-5,9H2,1-3H3,(H,24,31)(H,25,27,28)/t14-,17+,19+/m0/s1. The maximum atomic E-state index is 11.4. The van der Waals surface area contributed by atoms with Gasteiger partial charge in [0.15, 0.2) is 0 Å². The fraction of sp³-hybridized carbons (Fsp3) is 0.455. The number of nitrogens with one attached hydrogen (secondary N) is 2. The van der Waals surface area contributed by atoms with Gasteiger partial charge in [-0.15, -0.1) is 0 Å². The molecule has 1 fully saturated rings. The van der Waals surface area contributed by atoms with Crippen LogP contribution in [0.15, 0.2) is 30.7 Å². The number of ether oxygens (including phenoxy) is 1. The number of pyridine rings is 1. The van der Waals surface area contributed by atoms with E-state index in [9.17, 15) is 9.90 Å². The first-order valence-electron chi connectivity index (χ1n) is 10.7. The molecule has 3 aromatic rings. The van der Waals surface area contributed by atoms with Crippen LogP contribution in [0.1, 0.15) is 44.6 Å². The second-order valence-electron chi connectivity index (χ2n) is 8.30. The fourth-order valence-electron chi connectivity index (χ4n) is 3.99. The Hall–Kier alpha value is -2.91. The highest BCUT2D eigenvalue weighted by molar-refractivity contribution is 6.32. The molecule has 10 heteroatoms. The van der Waals surface area contributed by atoms with E-state index in [1.54, 1.807) is 6.20 Å². The van der Waals surface area contributed by atoms with Crippen LogP contribution in [0.3, 0.4) is 0 Å². The van der Waals surface area contributed by atoms with Crippen LogP contribution in [0.5, 0.6) is 0 Å². The van der Waals surface area contributed by atoms with Crippen LogP contribution in [-0.4, -0.2) is 56.1 Å². The second kappa shape index (κ2) is 9.30. The molecular weight excluding hydrogens is 432 g/mol. The van der Waals surface area contributed by atoms with Crippen molar-refractivity contribution in [1.82, 2.24) is 24.9 Å². The van der Waals surface area contributed by atoms with Gasteiger partial charge in [0.05, 0.1) is 40.8 Å². The Morgan fingerprint density at radius 2 is 2.16 bits per heavy atom. The molecule has 1 aliphatic carbocycles. The van der Waals surface area contributed by atoms with Crippen LogP contribution < -0.4 is 10.6 Å². The molecule has 1 amide bonds. The minimum absolute atomic E-state index is 0.251. The third-order valence-electron chi connectivity index (χ3n) is 5.75. The molecule has 0 aromatic carbocycles. The molecule has 1 saturated carbocycles. The van der Waals surface area contributed by atoms with Crippen molar-refractivity contribution in [1.29, 1.82) is 0 Å². The Balaban J connectivity index is 1.53. The number of carbonyl (C=O) groups is 1. The molecule has 0 radical (unpaired) electrons. The van der Waals surface area contributed by atoms with Crippen LogP contribution in [0.2, 0.25) is 5.02 Å². The molecule has 1 aliphatic rings. The Morgan fingerprint density at radius 3 is 2.88 bits per heavy atom. The van der Waals surface area contributed by atoms with Gasteiger partial charge in [0.25, 0.3) is 0 Å². The lowest BCUT2D eigenvalue weighted by Crippen LogP contribution is -2.43. The quantitative estimate of drug-likeness (QED) is 0.535. The number of aliphatic hydroxyl groups is 1. The van der Waals surface area contributed by atoms with Crippen molar-refractivity contribution in [3.8, 4) is 11.3 Å². The lowest BCUT2D eigenvalue weighted by molar-refractivity contribution is 0.0172. The summed E-state index contributed by atoms with van der Waals surface area (Å²) < 4.78 is 7.10. The first-order valence-corrected chi connectivity index (χ1v) is 11.1. The van der Waals surface area contributed by atoms with Gasteiger partial charge in [-0.1, -0.05) is 25.4 Å². The Morgan fingerprint density at radius 1 is 1.34 bits per heavy atom. The van der Waals surface area contributed by atoms with E-state index < -0.39 is 12.2 Å². The van der Waals surface area contributed by atoms with Crippen LogP contribution in [-0.2, 0) is 4.74 Å². The van der Waals surface area contributed by atoms with E-state index in [0.717, 1.165) is 16.6 Å². The number of hydrogen-bond donors (Lipinski definition) is 3. The molecule has 170 valence electrons. The number of anilines is 1. The molecule has 32 heavy (non-hydrogen) atoms. The zero-order valence-corrected chi connectivity index (χ0v) is 19.0. The van der Waals surface area contributed by atoms with Gasteiger partial charge in [0.1, 0.15) is 6.10 Å². The molecule has 3 N–H and O–H groups in total. The third kappa shape index (κ3) is 4.63. The molecule has 9 nitrogen and oxygen atoms in total. The van der Waals surface area contributed by atoms with E-state index in [1.165, 1.54) is 7.05 Å². The van der Waals surface area contributed by atoms with Gasteiger partial charge >= 0.3 is 6.09 Å². The molecule has 3 atom stereocenters. The summed E-state index contributed by atoms with van der Waals surface area (Å²) >= 11 is 6.43. The molecule has 4 rings (SSSR count). The Bertz CT molecular complexity index is 1120. The van der Waals surface area contributed by atoms with E-state index in [-0.39, 0.29) is 12.1 Å². The first kappa shape index (κ1) is 22.3. The van der Waals surface area contributed by atoms with Crippen molar-refractivity contribution in [3.05, 3.63) is 41.3 Å². The van der Waals surface area contributed by atoms with Gasteiger partial charge in [-0.3, -0.25) is 0 Å². The number of aromatic nitrogens is 4. The highest BCUT2D eigenvalue weighted by atomic mass is 35.5. The molecule has 3 heterocycles. The summed E-state index contributed by atoms with van der Waals surface area (Å²) in [6.45, 7) is 4.26. The van der Waals surface area contributed by atoms with Gasteiger partial charge in [-0.2, -0.15) is 5.10 Å². The normalized spacial score (nSPS) is 21.0. The summed E-state index contributed by atoms with van der Waals surface area (Å²) in [4.78, 5) is 20.3. The minimum Gasteiger partial charge on any atom is -0.446 e. The Labute approximate surface area is 191 Å². The number of nitrogens with zero attached hydrogens (tertiary/aromatic N) is 4. The zero-order chi connectivity index (χ0) is 22.8. The maximum absolute atomic E-state index is 11.4. The summed E-state index contributed by atoms with van der Waals surface area (Å²) in [6, 6.07) is 3.69. The smallest absolute Gasteiger partial charge is 0.407 e. The number of amides is 1. The molecule has 0 saturated heterocycles. The van der Waals surface area contributed by atoms with Crippen molar-refractivity contribution in [2.45, 2.75) is 57.3 Å². The van der Waals surface area contributed by atoms with Crippen molar-refractivity contribution < 1.29 is 14.6 Å². The number of fused-ring (bicyclic) bond motifs is 1. The highest BCUT2D eigenvalue weighted by Crippen LogP contribution is 2.30. The van der Waals surface area contributed by atoms with Gasteiger partial charge in [0, 0.05) is 30.8 Å². The summed E-state index contributed by atoms with van der Waals surface area (Å²) in [5.41, 5.74) is 3.62. The van der Waals surface area contributed by atoms with Crippen molar-refractivity contribution in [3.63, 3.8) is 0 Å². The van der Waals surface area contributed by atoms with Crippen LogP contribution in [0.25, 0.3) is 16.8 Å². The average Bonchev–Trinajstić information content (AvgIpc) is 3.20. The van der Waals surface area contributed by atoms with Crippen LogP contribution in [0, 0.1) is 0 Å². The number of alkyl carbamates (subject to hydrolysis) is 1. The van der Waals surface area contributed by atoms with Crippen molar-refractivity contribution in [2.24, 2.45) is 0 Å². The average molecular weight is 459 g/mol. The van der Waals surface area contributed by atoms with Crippen molar-refractivity contribution in [2.75, 3.05) is 12.4 Å². The molecule has 0 unspecified atom stereocenters. The SMILES string of the molecule is CNC(=O)O[C@H]1CC[C@@H](Nc2ncc(Cl)c(-c3ccn4ncc(C(C)C)c4c3)n2)[C@H](O)C1. The molecule has 3 aromatic heterocycles. The van der Waals surface area contributed by atoms with Crippen LogP contribution >= 0.6 is 11.6 Å². The number of hydrogen-bond acceptors (Lipinski definition) is 7. The van der Waals surface area contributed by atoms with E-state index in [1.807, 2.05) is 29.0 Å². The summed E-state index contributed by atoms with van der Waals surface area (Å²) in [5.74, 6) is 0.724. The summed E-state index contributed by atoms with van der Waals surface area (Å²) in [6.07, 6.45) is 5.42. The van der Waals surface area contributed by atoms with Crippen molar-refractivity contribution >= 4 is 29.2 Å². The molecule has 0 spiro atoms.